The fourth-order valence-electron chi connectivity index (χ4n) is 6.83. The number of aromatic nitrogens is 3. The number of fused-ring (bicyclic) bond motifs is 2. The molecule has 2 aromatic heterocycles. The number of hydrogen-bond acceptors (Lipinski definition) is 8. The molecule has 0 radical (unpaired) electrons. The van der Waals surface area contributed by atoms with Crippen LogP contribution in [-0.4, -0.2) is 46.4 Å². The minimum absolute atomic E-state index is 0.196. The van der Waals surface area contributed by atoms with E-state index < -0.39 is 5.97 Å². The number of aryl methyl sites for hydroxylation is 1. The van der Waals surface area contributed by atoms with E-state index in [0.29, 0.717) is 48.1 Å². The lowest BCUT2D eigenvalue weighted by Crippen LogP contribution is -2.46. The van der Waals surface area contributed by atoms with Crippen molar-refractivity contribution < 1.29 is 18.8 Å². The quantitative estimate of drug-likeness (QED) is 0.470. The summed E-state index contributed by atoms with van der Waals surface area (Å²) in [6.07, 6.45) is 11.8. The van der Waals surface area contributed by atoms with E-state index in [1.165, 1.54) is 56.9 Å². The lowest BCUT2D eigenvalue weighted by atomic mass is 9.77. The summed E-state index contributed by atoms with van der Waals surface area (Å²) in [6, 6.07) is 2.34. The monoisotopic (exact) mass is 494 g/mol. The molecule has 8 heteroatoms. The number of anilines is 1. The fraction of sp³-hybridized carbons (Fsp3) is 0.714. The van der Waals surface area contributed by atoms with Crippen LogP contribution in [-0.2, 0) is 16.1 Å². The zero-order valence-electron chi connectivity index (χ0n) is 21.7. The Labute approximate surface area is 213 Å². The summed E-state index contributed by atoms with van der Waals surface area (Å²) in [5.74, 6) is 2.99. The van der Waals surface area contributed by atoms with Crippen LogP contribution in [0.5, 0.6) is 0 Å². The fourth-order valence-corrected chi connectivity index (χ4v) is 6.83. The summed E-state index contributed by atoms with van der Waals surface area (Å²) in [7, 11) is 1.39. The maximum atomic E-state index is 12.1. The van der Waals surface area contributed by atoms with Crippen molar-refractivity contribution in [2.45, 2.75) is 115 Å². The maximum Gasteiger partial charge on any atom is 0.356 e. The normalized spacial score (nSPS) is 30.0. The predicted octanol–water partition coefficient (Wildman–Crippen LogP) is 5.45. The van der Waals surface area contributed by atoms with Crippen LogP contribution in [0.2, 0.25) is 0 Å². The number of nitrogens with zero attached hydrogens (tertiary/aromatic N) is 4. The molecule has 2 saturated heterocycles. The van der Waals surface area contributed by atoms with Crippen LogP contribution in [0.4, 0.5) is 5.95 Å². The van der Waals surface area contributed by atoms with Gasteiger partial charge in [0.15, 0.2) is 5.69 Å². The highest BCUT2D eigenvalue weighted by Gasteiger charge is 2.43. The summed E-state index contributed by atoms with van der Waals surface area (Å²) in [4.78, 5) is 23.7. The first-order valence-corrected chi connectivity index (χ1v) is 13.8. The van der Waals surface area contributed by atoms with Crippen molar-refractivity contribution in [2.24, 2.45) is 5.92 Å². The van der Waals surface area contributed by atoms with E-state index in [-0.39, 0.29) is 6.10 Å². The molecule has 0 spiro atoms. The van der Waals surface area contributed by atoms with E-state index in [1.807, 2.05) is 6.92 Å². The van der Waals surface area contributed by atoms with Crippen LogP contribution in [0.1, 0.15) is 116 Å². The molecule has 5 atom stereocenters. The highest BCUT2D eigenvalue weighted by molar-refractivity contribution is 5.87. The van der Waals surface area contributed by atoms with Crippen molar-refractivity contribution in [1.29, 1.82) is 0 Å². The van der Waals surface area contributed by atoms with Crippen molar-refractivity contribution in [1.82, 2.24) is 15.1 Å². The van der Waals surface area contributed by atoms with Gasteiger partial charge in [-0.05, 0) is 63.9 Å². The molecule has 3 unspecified atom stereocenters. The van der Waals surface area contributed by atoms with E-state index in [2.05, 4.69) is 26.9 Å². The number of carbonyl (C=O) groups is 1. The van der Waals surface area contributed by atoms with Gasteiger partial charge in [-0.3, -0.25) is 0 Å². The molecule has 2 aromatic rings. The third kappa shape index (κ3) is 4.53. The SMILES string of the molecule is COC(=O)c1cc(C)nc(N2C3CC[C@H]2C[C@H](OCc2c(C4CCCCC4C)noc2C2CC2)C3)n1. The van der Waals surface area contributed by atoms with E-state index in [1.54, 1.807) is 6.07 Å². The second kappa shape index (κ2) is 9.77. The number of carbonyl (C=O) groups excluding carboxylic acids is 1. The van der Waals surface area contributed by atoms with Crippen molar-refractivity contribution in [3.8, 4) is 0 Å². The molecule has 0 amide bonds. The lowest BCUT2D eigenvalue weighted by Gasteiger charge is -2.39. The zero-order valence-corrected chi connectivity index (χ0v) is 21.7. The molecule has 6 rings (SSSR count). The van der Waals surface area contributed by atoms with Crippen LogP contribution >= 0.6 is 0 Å². The van der Waals surface area contributed by atoms with Gasteiger partial charge >= 0.3 is 5.97 Å². The van der Waals surface area contributed by atoms with Gasteiger partial charge in [-0.2, -0.15) is 0 Å². The topological polar surface area (TPSA) is 90.6 Å². The van der Waals surface area contributed by atoms with Gasteiger partial charge in [-0.15, -0.1) is 0 Å². The molecule has 4 aliphatic rings. The van der Waals surface area contributed by atoms with Gasteiger partial charge in [0.05, 0.1) is 25.5 Å². The molecule has 2 aliphatic carbocycles. The van der Waals surface area contributed by atoms with E-state index in [0.717, 1.165) is 37.1 Å². The van der Waals surface area contributed by atoms with Gasteiger partial charge in [0.25, 0.3) is 0 Å². The Hall–Kier alpha value is -2.48. The Balaban J connectivity index is 1.16. The molecule has 194 valence electrons. The van der Waals surface area contributed by atoms with Crippen LogP contribution in [0.3, 0.4) is 0 Å². The molecule has 0 N–H and O–H groups in total. The second-order valence-corrected chi connectivity index (χ2v) is 11.4. The molecular formula is C28H38N4O4. The number of ether oxygens (including phenoxy) is 2. The third-order valence-corrected chi connectivity index (χ3v) is 8.88. The standard InChI is InChI=1S/C28H38N4O4/c1-16-6-4-5-7-22(16)25-23(26(36-31-25)18-8-9-18)15-35-21-13-19-10-11-20(14-21)32(19)28-29-17(2)12-24(30-28)27(33)34-3/h12,16,18-22H,4-11,13-15H2,1-3H3/t16?,19-,20?,21-,22?/m0/s1. The van der Waals surface area contributed by atoms with Gasteiger partial charge in [-0.25, -0.2) is 14.8 Å². The third-order valence-electron chi connectivity index (χ3n) is 8.88. The largest absolute Gasteiger partial charge is 0.464 e. The van der Waals surface area contributed by atoms with E-state index in [4.69, 9.17) is 14.0 Å². The Morgan fingerprint density at radius 2 is 1.83 bits per heavy atom. The van der Waals surface area contributed by atoms with Gasteiger partial charge in [0, 0.05) is 35.2 Å². The number of esters is 1. The molecule has 4 fully saturated rings. The molecule has 36 heavy (non-hydrogen) atoms. The average molecular weight is 495 g/mol. The zero-order chi connectivity index (χ0) is 24.8. The highest BCUT2D eigenvalue weighted by Crippen LogP contribution is 2.47. The molecule has 2 aliphatic heterocycles. The van der Waals surface area contributed by atoms with Crippen LogP contribution in [0, 0.1) is 12.8 Å². The first-order chi connectivity index (χ1) is 17.5. The molecular weight excluding hydrogens is 456 g/mol. The van der Waals surface area contributed by atoms with E-state index >= 15 is 0 Å². The predicted molar refractivity (Wildman–Crippen MR) is 134 cm³/mol. The Morgan fingerprint density at radius 1 is 1.08 bits per heavy atom. The Bertz CT molecular complexity index is 1100. The minimum atomic E-state index is -0.421. The van der Waals surface area contributed by atoms with E-state index in [9.17, 15) is 4.79 Å². The first kappa shape index (κ1) is 23.9. The molecule has 2 bridgehead atoms. The van der Waals surface area contributed by atoms with Crippen molar-refractivity contribution in [3.63, 3.8) is 0 Å². The number of rotatable bonds is 7. The molecule has 8 nitrogen and oxygen atoms in total. The smallest absolute Gasteiger partial charge is 0.356 e. The van der Waals surface area contributed by atoms with Crippen molar-refractivity contribution in [3.05, 3.63) is 34.5 Å². The lowest BCUT2D eigenvalue weighted by molar-refractivity contribution is 0.0137. The van der Waals surface area contributed by atoms with Gasteiger partial charge in [0.2, 0.25) is 5.95 Å². The summed E-state index contributed by atoms with van der Waals surface area (Å²) < 4.78 is 17.5. The van der Waals surface area contributed by atoms with Crippen LogP contribution in [0.25, 0.3) is 0 Å². The average Bonchev–Trinajstić information content (AvgIpc) is 3.58. The highest BCUT2D eigenvalue weighted by atomic mass is 16.5. The number of hydrogen-bond donors (Lipinski definition) is 0. The van der Waals surface area contributed by atoms with Crippen LogP contribution in [0.15, 0.2) is 10.6 Å². The minimum Gasteiger partial charge on any atom is -0.464 e. The van der Waals surface area contributed by atoms with Gasteiger partial charge < -0.3 is 18.9 Å². The van der Waals surface area contributed by atoms with Gasteiger partial charge in [-0.1, -0.05) is 31.3 Å². The maximum absolute atomic E-state index is 12.1. The Morgan fingerprint density at radius 3 is 2.53 bits per heavy atom. The summed E-state index contributed by atoms with van der Waals surface area (Å²) in [5, 5.41) is 4.63. The van der Waals surface area contributed by atoms with Crippen molar-refractivity contribution in [2.75, 3.05) is 12.0 Å². The first-order valence-electron chi connectivity index (χ1n) is 13.8. The number of piperidine rings is 1. The Kier molecular flexibility index (Phi) is 6.48. The summed E-state index contributed by atoms with van der Waals surface area (Å²) >= 11 is 0. The summed E-state index contributed by atoms with van der Waals surface area (Å²) in [6.45, 7) is 4.87. The second-order valence-electron chi connectivity index (χ2n) is 11.4. The number of methoxy groups -OCH3 is 1. The molecule has 0 aromatic carbocycles. The molecule has 2 saturated carbocycles. The summed E-state index contributed by atoms with van der Waals surface area (Å²) in [5.41, 5.74) is 3.52. The van der Waals surface area contributed by atoms with Gasteiger partial charge in [0.1, 0.15) is 5.76 Å². The van der Waals surface area contributed by atoms with Crippen molar-refractivity contribution >= 4 is 11.9 Å². The molecule has 4 heterocycles. The van der Waals surface area contributed by atoms with Crippen LogP contribution < -0.4 is 4.90 Å².